The summed E-state index contributed by atoms with van der Waals surface area (Å²) in [5, 5.41) is 13.2. The van der Waals surface area contributed by atoms with E-state index in [0.717, 1.165) is 43.2 Å². The molecule has 2 aliphatic heterocycles. The first-order valence-electron chi connectivity index (χ1n) is 24.7. The molecule has 20 heteroatoms. The van der Waals surface area contributed by atoms with Crippen LogP contribution in [0.25, 0.3) is 11.1 Å². The number of primary amides is 1. The minimum absolute atomic E-state index is 0.0184. The maximum atomic E-state index is 14.0. The summed E-state index contributed by atoms with van der Waals surface area (Å²) in [6, 6.07) is 11.2. The fraction of sp³-hybridized carbons (Fsp3) is 0.612. The molecule has 0 aromatic heterocycles. The molecule has 5 fully saturated rings. The fourth-order valence-electron chi connectivity index (χ4n) is 10.5. The molecule has 13 N–H and O–H groups in total. The topological polar surface area (TPSA) is 305 Å². The van der Waals surface area contributed by atoms with Gasteiger partial charge in [0, 0.05) is 31.5 Å². The van der Waals surface area contributed by atoms with Crippen molar-refractivity contribution in [1.29, 1.82) is 0 Å². The molecular formula is C49H73BN10O9. The number of nitrogens with two attached hydrogens (primary N) is 4. The number of carbonyl (C=O) groups excluding carboxylic acids is 7. The quantitative estimate of drug-likeness (QED) is 0.0408. The van der Waals surface area contributed by atoms with Gasteiger partial charge in [0.2, 0.25) is 29.5 Å². The van der Waals surface area contributed by atoms with E-state index in [9.17, 15) is 33.6 Å². The largest absolute Gasteiger partial charge is 0.497 e. The second kappa shape index (κ2) is 23.5. The molecule has 1 unspecified atom stereocenters. The summed E-state index contributed by atoms with van der Waals surface area (Å²) in [5.41, 5.74) is 26.9. The van der Waals surface area contributed by atoms with Gasteiger partial charge in [0.25, 0.3) is 11.8 Å². The summed E-state index contributed by atoms with van der Waals surface area (Å²) in [4.78, 5) is 94.0. The van der Waals surface area contributed by atoms with E-state index >= 15 is 0 Å². The van der Waals surface area contributed by atoms with Crippen molar-refractivity contribution in [3.05, 3.63) is 59.7 Å². The Balaban J connectivity index is 0.985. The van der Waals surface area contributed by atoms with Gasteiger partial charge in [0.05, 0.1) is 11.7 Å². The van der Waals surface area contributed by atoms with Crippen molar-refractivity contribution in [3.63, 3.8) is 0 Å². The second-order valence-corrected chi connectivity index (χ2v) is 19.9. The van der Waals surface area contributed by atoms with Crippen LogP contribution in [0.2, 0.25) is 0 Å². The van der Waals surface area contributed by atoms with E-state index in [2.05, 4.69) is 71.6 Å². The molecule has 9 atom stereocenters. The van der Waals surface area contributed by atoms with Gasteiger partial charge in [-0.25, -0.2) is 0 Å². The highest BCUT2D eigenvalue weighted by atomic mass is 16.7. The minimum Gasteiger partial charge on any atom is -0.403 e. The molecule has 3 aliphatic carbocycles. The molecule has 5 aliphatic rings. The third-order valence-electron chi connectivity index (χ3n) is 14.8. The second-order valence-electron chi connectivity index (χ2n) is 19.9. The zero-order valence-electron chi connectivity index (χ0n) is 40.6. The molecule has 7 rings (SSSR count). The third kappa shape index (κ3) is 12.9. The Morgan fingerprint density at radius 2 is 1.52 bits per heavy atom. The van der Waals surface area contributed by atoms with Gasteiger partial charge in [-0.2, -0.15) is 0 Å². The average molecular weight is 957 g/mol. The first-order chi connectivity index (χ1) is 32.9. The number of rotatable bonds is 24. The molecule has 7 amide bonds. The van der Waals surface area contributed by atoms with Crippen LogP contribution >= 0.6 is 0 Å². The third-order valence-corrected chi connectivity index (χ3v) is 14.8. The molecule has 2 heterocycles. The molecule has 2 aromatic carbocycles. The van der Waals surface area contributed by atoms with E-state index in [1.165, 1.54) is 10.5 Å². The zero-order valence-corrected chi connectivity index (χ0v) is 40.6. The van der Waals surface area contributed by atoms with Crippen LogP contribution in [0.5, 0.6) is 0 Å². The first kappa shape index (κ1) is 53.0. The first-order valence-corrected chi connectivity index (χ1v) is 24.7. The number of aryl methyl sites for hydroxylation is 1. The molecule has 2 bridgehead atoms. The van der Waals surface area contributed by atoms with E-state index in [4.69, 9.17) is 32.2 Å². The van der Waals surface area contributed by atoms with Gasteiger partial charge in [0.15, 0.2) is 6.17 Å². The lowest BCUT2D eigenvalue weighted by Gasteiger charge is -2.64. The van der Waals surface area contributed by atoms with Crippen LogP contribution in [-0.2, 0) is 44.5 Å². The van der Waals surface area contributed by atoms with Gasteiger partial charge in [-0.05, 0) is 124 Å². The Labute approximate surface area is 405 Å². The van der Waals surface area contributed by atoms with Crippen molar-refractivity contribution < 1.29 is 42.9 Å². The van der Waals surface area contributed by atoms with E-state index < -0.39 is 78.5 Å². The highest BCUT2D eigenvalue weighted by Gasteiger charge is 2.68. The van der Waals surface area contributed by atoms with E-state index in [1.54, 1.807) is 12.1 Å². The minimum atomic E-state index is -1.66. The lowest BCUT2D eigenvalue weighted by Crippen LogP contribution is -2.65. The van der Waals surface area contributed by atoms with Gasteiger partial charge in [-0.3, -0.25) is 33.6 Å². The van der Waals surface area contributed by atoms with E-state index in [-0.39, 0.29) is 68.5 Å². The van der Waals surface area contributed by atoms with Crippen molar-refractivity contribution in [2.24, 2.45) is 40.2 Å². The van der Waals surface area contributed by atoms with Crippen molar-refractivity contribution in [3.8, 4) is 11.1 Å². The number of hydrogen-bond donors (Lipinski definition) is 9. The number of hydrogen-bond acceptors (Lipinski definition) is 12. The summed E-state index contributed by atoms with van der Waals surface area (Å²) < 4.78 is 12.6. The number of benzene rings is 2. The van der Waals surface area contributed by atoms with E-state index in [1.807, 2.05) is 19.1 Å². The van der Waals surface area contributed by atoms with Crippen molar-refractivity contribution in [1.82, 2.24) is 31.5 Å². The molecule has 19 nitrogen and oxygen atoms in total. The van der Waals surface area contributed by atoms with Crippen LogP contribution < -0.4 is 49.5 Å². The van der Waals surface area contributed by atoms with Crippen molar-refractivity contribution in [2.75, 3.05) is 19.6 Å². The van der Waals surface area contributed by atoms with Gasteiger partial charge in [-0.15, -0.1) is 0 Å². The van der Waals surface area contributed by atoms with Crippen LogP contribution in [0.15, 0.2) is 48.5 Å². The fourth-order valence-corrected chi connectivity index (χ4v) is 10.5. The molecule has 69 heavy (non-hydrogen) atoms. The van der Waals surface area contributed by atoms with Gasteiger partial charge >= 0.3 is 7.12 Å². The average Bonchev–Trinajstić information content (AvgIpc) is 3.97. The van der Waals surface area contributed by atoms with Gasteiger partial charge in [0.1, 0.15) is 24.2 Å². The van der Waals surface area contributed by atoms with Gasteiger partial charge in [-0.1, -0.05) is 63.6 Å². The lowest BCUT2D eigenvalue weighted by atomic mass is 9.43. The summed E-state index contributed by atoms with van der Waals surface area (Å²) in [5.74, 6) is -3.64. The lowest BCUT2D eigenvalue weighted by molar-refractivity contribution is -0.199. The number of unbranched alkanes of at least 4 members (excludes halogenated alkanes) is 2. The number of likely N-dealkylation sites (tertiary alicyclic amines) is 1. The summed E-state index contributed by atoms with van der Waals surface area (Å²) in [6.07, 6.45) is 4.85. The summed E-state index contributed by atoms with van der Waals surface area (Å²) >= 11 is 0. The smallest absolute Gasteiger partial charge is 0.403 e. The normalized spacial score (nSPS) is 23.9. The number of amides is 7. The highest BCUT2D eigenvalue weighted by molar-refractivity contribution is 6.47. The van der Waals surface area contributed by atoms with Crippen LogP contribution in [0.4, 0.5) is 0 Å². The Hall–Kier alpha value is -5.41. The molecule has 376 valence electrons. The molecule has 3 saturated carbocycles. The van der Waals surface area contributed by atoms with Crippen LogP contribution in [0.1, 0.15) is 121 Å². The predicted molar refractivity (Wildman–Crippen MR) is 260 cm³/mol. The van der Waals surface area contributed by atoms with Crippen molar-refractivity contribution in [2.45, 2.75) is 153 Å². The summed E-state index contributed by atoms with van der Waals surface area (Å²) in [6.45, 7) is 9.24. The Bertz CT molecular complexity index is 2160. The number of nitrogens with one attached hydrogen (secondary N) is 5. The monoisotopic (exact) mass is 957 g/mol. The number of carbonyl (C=O) groups is 7. The van der Waals surface area contributed by atoms with Crippen LogP contribution in [0, 0.1) is 17.3 Å². The summed E-state index contributed by atoms with van der Waals surface area (Å²) in [7, 11) is -0.953. The highest BCUT2D eigenvalue weighted by Crippen LogP contribution is 2.65. The standard InChI is InChI=1S/C49H73BN10O9/c1-5-6-10-29-13-15-30(16-14-29)31-17-19-32(20-18-31)42(63)55-25-23-40(62)56-35(11-7-8-24-51)46(67)60-26-9-12-36(60)44(65)58-41(53)45(66)57-34(21-22-39(52)61)43(64)59-47(54)50-68-38-28-33-27-37(48(33,2)3)49(38,4)69-50/h13-20,33-38,41,47H,5-12,21-28,51,53-54H2,1-4H3,(H2,52,61)(H,55,63)(H,56,62)(H,57,66)(H,58,65)(H,59,64)/t33-,34-,35-,36-,37-,38?,41+,47+,49-/m0/s1. The molecule has 2 saturated heterocycles. The molecule has 0 spiro atoms. The molecular weight excluding hydrogens is 883 g/mol. The Morgan fingerprint density at radius 3 is 2.17 bits per heavy atom. The van der Waals surface area contributed by atoms with Gasteiger partial charge < -0.3 is 63.7 Å². The maximum Gasteiger partial charge on any atom is 0.497 e. The molecule has 2 aromatic rings. The zero-order chi connectivity index (χ0) is 50.0. The number of nitrogens with zero attached hydrogens (tertiary/aromatic N) is 1. The maximum absolute atomic E-state index is 14.0. The van der Waals surface area contributed by atoms with Crippen molar-refractivity contribution >= 4 is 48.5 Å². The predicted octanol–water partition coefficient (Wildman–Crippen LogP) is 1.24. The van der Waals surface area contributed by atoms with Crippen LogP contribution in [-0.4, -0.2) is 115 Å². The van der Waals surface area contributed by atoms with Crippen LogP contribution in [0.3, 0.4) is 0 Å². The molecule has 0 radical (unpaired) electrons. The Morgan fingerprint density at radius 1 is 0.826 bits per heavy atom. The Kier molecular flexibility index (Phi) is 18.0. The SMILES string of the molecule is CCCCc1ccc(-c2ccc(C(=O)NCCC(=O)N[C@@H](CCCCN)C(=O)N3CCC[C@H]3C(=O)N[C@@H](N)C(=O)N[C@@H](CCC(N)=O)C(=O)N[C@@H](N)B3OC4C[C@@H]5C[C@@H](C5(C)C)[C@]4(C)O3)cc2)cc1. The van der Waals surface area contributed by atoms with E-state index in [0.29, 0.717) is 37.3 Å².